The van der Waals surface area contributed by atoms with Gasteiger partial charge in [0.25, 0.3) is 5.91 Å². The van der Waals surface area contributed by atoms with E-state index in [9.17, 15) is 19.8 Å². The van der Waals surface area contributed by atoms with Gasteiger partial charge < -0.3 is 20.4 Å². The highest BCUT2D eigenvalue weighted by molar-refractivity contribution is 6.00. The largest absolute Gasteiger partial charge is 0.507 e. The van der Waals surface area contributed by atoms with Gasteiger partial charge in [0.05, 0.1) is 6.54 Å². The first-order valence-electron chi connectivity index (χ1n) is 5.50. The van der Waals surface area contributed by atoms with Crippen LogP contribution < -0.4 is 5.32 Å². The molecular formula is C12H16N2O4. The highest BCUT2D eigenvalue weighted by Crippen LogP contribution is 2.27. The zero-order valence-electron chi connectivity index (χ0n) is 10.3. The Balaban J connectivity index is 2.84. The van der Waals surface area contributed by atoms with Gasteiger partial charge in [-0.25, -0.2) is 0 Å². The molecule has 1 aromatic rings. The molecular weight excluding hydrogens is 236 g/mol. The number of likely N-dealkylation sites (N-methyl/N-ethyl adjacent to an activating group) is 2. The summed E-state index contributed by atoms with van der Waals surface area (Å²) in [5.41, 5.74) is -0.204. The van der Waals surface area contributed by atoms with Crippen LogP contribution in [0.1, 0.15) is 17.3 Å². The molecule has 98 valence electrons. The quantitative estimate of drug-likeness (QED) is 0.719. The third-order valence-corrected chi connectivity index (χ3v) is 2.34. The number of benzene rings is 1. The molecule has 0 bridgehead atoms. The highest BCUT2D eigenvalue weighted by Gasteiger charge is 2.21. The number of nitrogens with one attached hydrogen (secondary N) is 1. The van der Waals surface area contributed by atoms with Crippen LogP contribution in [0.2, 0.25) is 0 Å². The van der Waals surface area contributed by atoms with E-state index in [0.717, 1.165) is 4.90 Å². The second kappa shape index (κ2) is 5.90. The Hall–Kier alpha value is -2.24. The average molecular weight is 252 g/mol. The van der Waals surface area contributed by atoms with Crippen molar-refractivity contribution in [1.82, 2.24) is 10.2 Å². The van der Waals surface area contributed by atoms with Gasteiger partial charge >= 0.3 is 0 Å². The molecule has 0 radical (unpaired) electrons. The van der Waals surface area contributed by atoms with Crippen molar-refractivity contribution in [1.29, 1.82) is 0 Å². The van der Waals surface area contributed by atoms with Crippen LogP contribution in [0.3, 0.4) is 0 Å². The van der Waals surface area contributed by atoms with Gasteiger partial charge in [0, 0.05) is 13.6 Å². The molecule has 6 heteroatoms. The maximum atomic E-state index is 12.0. The van der Waals surface area contributed by atoms with Gasteiger partial charge in [-0.3, -0.25) is 9.59 Å². The lowest BCUT2D eigenvalue weighted by Gasteiger charge is -2.17. The first-order valence-corrected chi connectivity index (χ1v) is 5.50. The average Bonchev–Trinajstić information content (AvgIpc) is 2.28. The number of amides is 2. The molecule has 0 saturated carbocycles. The van der Waals surface area contributed by atoms with Gasteiger partial charge in [0.15, 0.2) is 0 Å². The number of hydrogen-bond donors (Lipinski definition) is 3. The van der Waals surface area contributed by atoms with Crippen molar-refractivity contribution in [2.45, 2.75) is 6.92 Å². The Labute approximate surface area is 105 Å². The first kappa shape index (κ1) is 13.8. The fourth-order valence-electron chi connectivity index (χ4n) is 1.48. The van der Waals surface area contributed by atoms with Crippen LogP contribution in [0, 0.1) is 0 Å². The molecule has 0 aliphatic rings. The maximum Gasteiger partial charge on any atom is 0.261 e. The summed E-state index contributed by atoms with van der Waals surface area (Å²) in [7, 11) is 1.42. The third kappa shape index (κ3) is 3.13. The predicted molar refractivity (Wildman–Crippen MR) is 65.4 cm³/mol. The van der Waals surface area contributed by atoms with Crippen LogP contribution in [0.5, 0.6) is 11.5 Å². The van der Waals surface area contributed by atoms with Crippen LogP contribution in [-0.2, 0) is 4.79 Å². The smallest absolute Gasteiger partial charge is 0.261 e. The number of hydrogen-bond acceptors (Lipinski definition) is 4. The SMILES string of the molecule is CCNC(=O)CN(C)C(=O)c1c(O)cccc1O. The van der Waals surface area contributed by atoms with Crippen molar-refractivity contribution < 1.29 is 19.8 Å². The number of carbonyl (C=O) groups is 2. The summed E-state index contributed by atoms with van der Waals surface area (Å²) in [5, 5.41) is 21.6. The first-order chi connectivity index (χ1) is 8.47. The minimum atomic E-state index is -0.614. The fourth-order valence-corrected chi connectivity index (χ4v) is 1.48. The summed E-state index contributed by atoms with van der Waals surface area (Å²) < 4.78 is 0. The predicted octanol–water partition coefficient (Wildman–Crippen LogP) is 0.306. The molecule has 0 spiro atoms. The van der Waals surface area contributed by atoms with Crippen LogP contribution in [0.25, 0.3) is 0 Å². The summed E-state index contributed by atoms with van der Waals surface area (Å²) in [5.74, 6) is -1.55. The van der Waals surface area contributed by atoms with Gasteiger partial charge in [-0.05, 0) is 19.1 Å². The van der Waals surface area contributed by atoms with E-state index in [-0.39, 0.29) is 29.5 Å². The van der Waals surface area contributed by atoms with Crippen molar-refractivity contribution >= 4 is 11.8 Å². The molecule has 0 aliphatic heterocycles. The normalized spacial score (nSPS) is 9.89. The van der Waals surface area contributed by atoms with Crippen molar-refractivity contribution in [2.24, 2.45) is 0 Å². The van der Waals surface area contributed by atoms with E-state index >= 15 is 0 Å². The van der Waals surface area contributed by atoms with Gasteiger partial charge in [-0.15, -0.1) is 0 Å². The Bertz CT molecular complexity index is 439. The molecule has 0 heterocycles. The molecule has 18 heavy (non-hydrogen) atoms. The number of rotatable bonds is 4. The van der Waals surface area contributed by atoms with Crippen LogP contribution >= 0.6 is 0 Å². The summed E-state index contributed by atoms with van der Waals surface area (Å²) in [6, 6.07) is 4.02. The Morgan fingerprint density at radius 3 is 2.33 bits per heavy atom. The number of phenolic OH excluding ortho intramolecular Hbond substituents is 2. The number of nitrogens with zero attached hydrogens (tertiary/aromatic N) is 1. The molecule has 0 saturated heterocycles. The number of aromatic hydroxyl groups is 2. The van der Waals surface area contributed by atoms with Crippen LogP contribution in [-0.4, -0.2) is 47.1 Å². The summed E-state index contributed by atoms with van der Waals surface area (Å²) in [4.78, 5) is 24.4. The van der Waals surface area contributed by atoms with Crippen molar-refractivity contribution in [3.63, 3.8) is 0 Å². The van der Waals surface area contributed by atoms with E-state index in [0.29, 0.717) is 6.54 Å². The van der Waals surface area contributed by atoms with Crippen LogP contribution in [0.15, 0.2) is 18.2 Å². The standard InChI is InChI=1S/C12H16N2O4/c1-3-13-10(17)7-14(2)12(18)11-8(15)5-4-6-9(11)16/h4-6,15-16H,3,7H2,1-2H3,(H,13,17). The molecule has 0 atom stereocenters. The second-order valence-electron chi connectivity index (χ2n) is 3.79. The highest BCUT2D eigenvalue weighted by atomic mass is 16.3. The maximum absolute atomic E-state index is 12.0. The van der Waals surface area contributed by atoms with Crippen LogP contribution in [0.4, 0.5) is 0 Å². The van der Waals surface area contributed by atoms with Gasteiger partial charge in [-0.2, -0.15) is 0 Å². The molecule has 6 nitrogen and oxygen atoms in total. The molecule has 2 amide bonds. The lowest BCUT2D eigenvalue weighted by Crippen LogP contribution is -2.38. The number of phenols is 2. The molecule has 1 aromatic carbocycles. The van der Waals surface area contributed by atoms with E-state index < -0.39 is 5.91 Å². The van der Waals surface area contributed by atoms with E-state index in [4.69, 9.17) is 0 Å². The van der Waals surface area contributed by atoms with Gasteiger partial charge in [0.1, 0.15) is 17.1 Å². The lowest BCUT2D eigenvalue weighted by atomic mass is 10.1. The van der Waals surface area contributed by atoms with Gasteiger partial charge in [-0.1, -0.05) is 6.07 Å². The van der Waals surface area contributed by atoms with E-state index in [2.05, 4.69) is 5.32 Å². The van der Waals surface area contributed by atoms with Crippen molar-refractivity contribution in [3.8, 4) is 11.5 Å². The topological polar surface area (TPSA) is 89.9 Å². The van der Waals surface area contributed by atoms with Crippen molar-refractivity contribution in [2.75, 3.05) is 20.1 Å². The molecule has 0 fully saturated rings. The van der Waals surface area contributed by atoms with E-state index in [1.54, 1.807) is 6.92 Å². The molecule has 0 aliphatic carbocycles. The fraction of sp³-hybridized carbons (Fsp3) is 0.333. The summed E-state index contributed by atoms with van der Waals surface area (Å²) in [6.07, 6.45) is 0. The Kier molecular flexibility index (Phi) is 4.53. The Morgan fingerprint density at radius 2 is 1.83 bits per heavy atom. The van der Waals surface area contributed by atoms with E-state index in [1.807, 2.05) is 0 Å². The summed E-state index contributed by atoms with van der Waals surface area (Å²) >= 11 is 0. The zero-order chi connectivity index (χ0) is 13.7. The van der Waals surface area contributed by atoms with Gasteiger partial charge in [0.2, 0.25) is 5.91 Å². The lowest BCUT2D eigenvalue weighted by molar-refractivity contribution is -0.121. The molecule has 0 aromatic heterocycles. The molecule has 3 N–H and O–H groups in total. The van der Waals surface area contributed by atoms with E-state index in [1.165, 1.54) is 25.2 Å². The number of carbonyl (C=O) groups excluding carboxylic acids is 2. The summed E-state index contributed by atoms with van der Waals surface area (Å²) in [6.45, 7) is 2.11. The third-order valence-electron chi connectivity index (χ3n) is 2.34. The monoisotopic (exact) mass is 252 g/mol. The Morgan fingerprint density at radius 1 is 1.28 bits per heavy atom. The molecule has 1 rings (SSSR count). The minimum absolute atomic E-state index is 0.138. The molecule has 0 unspecified atom stereocenters. The second-order valence-corrected chi connectivity index (χ2v) is 3.79. The zero-order valence-corrected chi connectivity index (χ0v) is 10.3. The van der Waals surface area contributed by atoms with Crippen molar-refractivity contribution in [3.05, 3.63) is 23.8 Å². The minimum Gasteiger partial charge on any atom is -0.507 e.